The molecule has 0 saturated carbocycles. The molecule has 9 heteroatoms. The van der Waals surface area contributed by atoms with Gasteiger partial charge in [0.25, 0.3) is 0 Å². The Balaban J connectivity index is 1.39. The van der Waals surface area contributed by atoms with E-state index in [9.17, 15) is 14.4 Å². The van der Waals surface area contributed by atoms with Crippen LogP contribution >= 0.6 is 15.9 Å². The third-order valence-corrected chi connectivity index (χ3v) is 7.65. The molecule has 0 radical (unpaired) electrons. The Kier molecular flexibility index (Phi) is 7.86. The lowest BCUT2D eigenvalue weighted by molar-refractivity contribution is -0.136. The van der Waals surface area contributed by atoms with Gasteiger partial charge in [-0.1, -0.05) is 28.1 Å². The van der Waals surface area contributed by atoms with Gasteiger partial charge in [0.1, 0.15) is 11.9 Å². The Labute approximate surface area is 214 Å². The number of aryl methyl sites for hydroxylation is 2. The Morgan fingerprint density at radius 2 is 1.89 bits per heavy atom. The van der Waals surface area contributed by atoms with Gasteiger partial charge >= 0.3 is 5.97 Å². The van der Waals surface area contributed by atoms with Crippen LogP contribution in [0.5, 0.6) is 0 Å². The topological polar surface area (TPSA) is 91.8 Å². The first-order valence-corrected chi connectivity index (χ1v) is 12.7. The summed E-state index contributed by atoms with van der Waals surface area (Å²) in [6.07, 6.45) is 2.52. The number of piperidine rings is 1. The van der Waals surface area contributed by atoms with Crippen LogP contribution < -0.4 is 5.32 Å². The molecule has 1 atom stereocenters. The summed E-state index contributed by atoms with van der Waals surface area (Å²) < 4.78 is 5.89. The van der Waals surface area contributed by atoms with Gasteiger partial charge in [-0.3, -0.25) is 14.5 Å². The van der Waals surface area contributed by atoms with E-state index in [1.165, 1.54) is 24.3 Å². The fraction of sp³-hybridized carbons (Fsp3) is 0.462. The molecule has 2 aliphatic rings. The zero-order chi connectivity index (χ0) is 25.1. The number of benzene rings is 1. The summed E-state index contributed by atoms with van der Waals surface area (Å²) in [5, 5.41) is 2.82. The lowest BCUT2D eigenvalue weighted by Crippen LogP contribution is -2.51. The van der Waals surface area contributed by atoms with E-state index in [0.29, 0.717) is 24.1 Å². The van der Waals surface area contributed by atoms with Crippen LogP contribution in [0.1, 0.15) is 52.9 Å². The lowest BCUT2D eigenvalue weighted by Gasteiger charge is -2.39. The zero-order valence-corrected chi connectivity index (χ0v) is 21.9. The van der Waals surface area contributed by atoms with Crippen molar-refractivity contribution in [2.75, 3.05) is 25.5 Å². The van der Waals surface area contributed by atoms with E-state index in [-0.39, 0.29) is 23.7 Å². The van der Waals surface area contributed by atoms with E-state index < -0.39 is 12.0 Å². The van der Waals surface area contributed by atoms with Crippen LogP contribution in [0.4, 0.5) is 5.82 Å². The van der Waals surface area contributed by atoms with Crippen molar-refractivity contribution in [3.63, 3.8) is 0 Å². The highest BCUT2D eigenvalue weighted by atomic mass is 79.9. The molecule has 35 heavy (non-hydrogen) atoms. The maximum Gasteiger partial charge on any atom is 0.338 e. The van der Waals surface area contributed by atoms with E-state index in [1.807, 2.05) is 0 Å². The highest BCUT2D eigenvalue weighted by molar-refractivity contribution is 9.10. The Morgan fingerprint density at radius 1 is 1.14 bits per heavy atom. The highest BCUT2D eigenvalue weighted by Gasteiger charge is 2.41. The summed E-state index contributed by atoms with van der Waals surface area (Å²) in [7, 11) is 1.31. The minimum absolute atomic E-state index is 0.0274. The number of carbonyl (C=O) groups excluding carboxylic acids is 3. The van der Waals surface area contributed by atoms with E-state index >= 15 is 0 Å². The second kappa shape index (κ2) is 10.9. The van der Waals surface area contributed by atoms with Gasteiger partial charge in [-0.2, -0.15) is 0 Å². The number of pyridine rings is 1. The average molecular weight is 543 g/mol. The van der Waals surface area contributed by atoms with Crippen molar-refractivity contribution < 1.29 is 19.1 Å². The molecule has 1 aromatic carbocycles. The van der Waals surface area contributed by atoms with Crippen LogP contribution in [0.3, 0.4) is 0 Å². The predicted octanol–water partition coefficient (Wildman–Crippen LogP) is 3.84. The monoisotopic (exact) mass is 542 g/mol. The van der Waals surface area contributed by atoms with Crippen molar-refractivity contribution in [2.45, 2.75) is 58.2 Å². The number of nitrogens with zero attached hydrogens (tertiary/aromatic N) is 3. The van der Waals surface area contributed by atoms with Crippen LogP contribution in [-0.2, 0) is 20.9 Å². The molecule has 0 unspecified atom stereocenters. The number of amides is 2. The molecule has 3 heterocycles. The predicted molar refractivity (Wildman–Crippen MR) is 136 cm³/mol. The van der Waals surface area contributed by atoms with E-state index in [4.69, 9.17) is 4.74 Å². The summed E-state index contributed by atoms with van der Waals surface area (Å²) in [4.78, 5) is 46.4. The quantitative estimate of drug-likeness (QED) is 0.557. The van der Waals surface area contributed by atoms with Gasteiger partial charge in [-0.05, 0) is 62.4 Å². The molecular weight excluding hydrogens is 512 g/mol. The highest BCUT2D eigenvalue weighted by Crippen LogP contribution is 2.29. The van der Waals surface area contributed by atoms with Crippen molar-refractivity contribution in [3.8, 4) is 0 Å². The first kappa shape index (κ1) is 25.3. The summed E-state index contributed by atoms with van der Waals surface area (Å²) in [6, 6.07) is 9.04. The molecule has 2 amide bonds. The van der Waals surface area contributed by atoms with Crippen molar-refractivity contribution >= 4 is 39.5 Å². The lowest BCUT2D eigenvalue weighted by atomic mass is 10.0. The van der Waals surface area contributed by atoms with Crippen molar-refractivity contribution in [1.82, 2.24) is 14.8 Å². The summed E-state index contributed by atoms with van der Waals surface area (Å²) in [6.45, 7) is 6.46. The first-order valence-electron chi connectivity index (χ1n) is 11.9. The smallest absolute Gasteiger partial charge is 0.338 e. The van der Waals surface area contributed by atoms with Gasteiger partial charge < -0.3 is 15.0 Å². The van der Waals surface area contributed by atoms with Gasteiger partial charge in [-0.25, -0.2) is 9.78 Å². The molecule has 0 aliphatic carbocycles. The Hall–Kier alpha value is -2.78. The number of hydrogen-bond acceptors (Lipinski definition) is 6. The van der Waals surface area contributed by atoms with E-state index in [2.05, 4.69) is 56.3 Å². The van der Waals surface area contributed by atoms with Crippen molar-refractivity contribution in [2.24, 2.45) is 0 Å². The van der Waals surface area contributed by atoms with Gasteiger partial charge in [0.2, 0.25) is 11.8 Å². The number of ether oxygens (including phenoxy) is 1. The number of hydrogen-bond donors (Lipinski definition) is 1. The summed E-state index contributed by atoms with van der Waals surface area (Å²) in [5.41, 5.74) is 3.41. The molecule has 1 N–H and O–H groups in total. The molecule has 2 saturated heterocycles. The molecule has 0 bridgehead atoms. The number of esters is 1. The Bertz CT molecular complexity index is 1130. The van der Waals surface area contributed by atoms with Crippen LogP contribution in [0, 0.1) is 13.8 Å². The third-order valence-electron chi connectivity index (χ3n) is 6.76. The maximum absolute atomic E-state index is 13.2. The van der Waals surface area contributed by atoms with Gasteiger partial charge in [0.05, 0.1) is 12.7 Å². The van der Waals surface area contributed by atoms with Crippen LogP contribution in [0.2, 0.25) is 0 Å². The molecule has 2 fully saturated rings. The maximum atomic E-state index is 13.2. The van der Waals surface area contributed by atoms with Gasteiger partial charge in [0, 0.05) is 42.3 Å². The van der Waals surface area contributed by atoms with Crippen molar-refractivity contribution in [3.05, 3.63) is 57.2 Å². The zero-order valence-electron chi connectivity index (χ0n) is 20.3. The summed E-state index contributed by atoms with van der Waals surface area (Å²) in [5.74, 6) is -0.444. The number of likely N-dealkylation sites (tertiary alicyclic amines) is 2. The van der Waals surface area contributed by atoms with Crippen LogP contribution in [0.15, 0.2) is 34.8 Å². The van der Waals surface area contributed by atoms with E-state index in [1.54, 1.807) is 17.9 Å². The molecular formula is C26H31BrN4O4. The summed E-state index contributed by atoms with van der Waals surface area (Å²) >= 11 is 3.55. The fourth-order valence-corrected chi connectivity index (χ4v) is 5.26. The van der Waals surface area contributed by atoms with Gasteiger partial charge in [0.15, 0.2) is 0 Å². The molecule has 2 aromatic rings. The molecule has 0 spiro atoms. The standard InChI is InChI=1S/C26H31BrN4O4/c1-16-12-18(4-5-21(16)27)15-30-10-8-20(9-11-30)31-22(6-7-24(31)32)25(33)29-23-14-19(26(34)35-3)13-17(2)28-23/h4-5,12-14,20,22H,6-11,15H2,1-3H3,(H,28,29,33)/t22-/m1/s1. The number of methoxy groups -OCH3 is 1. The van der Waals surface area contributed by atoms with Crippen molar-refractivity contribution in [1.29, 1.82) is 0 Å². The molecule has 2 aliphatic heterocycles. The third kappa shape index (κ3) is 5.90. The number of carbonyl (C=O) groups is 3. The van der Waals surface area contributed by atoms with Crippen LogP contribution in [0.25, 0.3) is 0 Å². The first-order chi connectivity index (χ1) is 16.7. The largest absolute Gasteiger partial charge is 0.465 e. The fourth-order valence-electron chi connectivity index (χ4n) is 5.01. The number of aromatic nitrogens is 1. The second-order valence-corrected chi connectivity index (χ2v) is 10.2. The Morgan fingerprint density at radius 3 is 2.57 bits per heavy atom. The van der Waals surface area contributed by atoms with Crippen LogP contribution in [-0.4, -0.2) is 64.9 Å². The molecule has 4 rings (SSSR count). The average Bonchev–Trinajstić information content (AvgIpc) is 3.22. The minimum atomic E-state index is -0.530. The SMILES string of the molecule is COC(=O)c1cc(C)nc(NC(=O)[C@H]2CCC(=O)N2C2CCN(Cc3ccc(Br)c(C)c3)CC2)c1. The molecule has 1 aromatic heterocycles. The normalized spacial score (nSPS) is 19.1. The molecule has 186 valence electrons. The molecule has 8 nitrogen and oxygen atoms in total. The number of nitrogens with one attached hydrogen (secondary N) is 1. The van der Waals surface area contributed by atoms with Gasteiger partial charge in [-0.15, -0.1) is 0 Å². The number of rotatable bonds is 6. The van der Waals surface area contributed by atoms with E-state index in [0.717, 1.165) is 36.9 Å². The second-order valence-electron chi connectivity index (χ2n) is 9.31. The number of anilines is 1. The minimum Gasteiger partial charge on any atom is -0.465 e. The number of halogens is 1.